The van der Waals surface area contributed by atoms with Crippen molar-refractivity contribution in [3.8, 4) is 11.3 Å². The fraction of sp³-hybridized carbons (Fsp3) is 0.526. The first-order chi connectivity index (χ1) is 11.9. The SMILES string of the molecule is CC1(C)C2CN(CCOCc3cc(-c4ccc(F)c(F)c4)no3)CC21. The number of rotatable bonds is 6. The number of aromatic nitrogens is 1. The summed E-state index contributed by atoms with van der Waals surface area (Å²) < 4.78 is 37.1. The monoisotopic (exact) mass is 348 g/mol. The lowest BCUT2D eigenvalue weighted by atomic mass is 10.1. The first-order valence-electron chi connectivity index (χ1n) is 8.66. The van der Waals surface area contributed by atoms with Crippen LogP contribution in [0.1, 0.15) is 19.6 Å². The molecule has 2 fully saturated rings. The fourth-order valence-electron chi connectivity index (χ4n) is 3.93. The molecule has 0 bridgehead atoms. The number of ether oxygens (including phenoxy) is 1. The second kappa shape index (κ2) is 6.18. The van der Waals surface area contributed by atoms with Gasteiger partial charge in [-0.2, -0.15) is 0 Å². The van der Waals surface area contributed by atoms with E-state index in [0.29, 0.717) is 35.6 Å². The van der Waals surface area contributed by atoms with Crippen LogP contribution in [0, 0.1) is 28.9 Å². The summed E-state index contributed by atoms with van der Waals surface area (Å²) in [5, 5.41) is 3.89. The third-order valence-electron chi connectivity index (χ3n) is 5.77. The van der Waals surface area contributed by atoms with Crippen molar-refractivity contribution < 1.29 is 18.0 Å². The molecule has 2 heterocycles. The van der Waals surface area contributed by atoms with E-state index in [-0.39, 0.29) is 0 Å². The largest absolute Gasteiger partial charge is 0.372 e. The Balaban J connectivity index is 1.23. The van der Waals surface area contributed by atoms with Gasteiger partial charge in [0, 0.05) is 31.3 Å². The summed E-state index contributed by atoms with van der Waals surface area (Å²) >= 11 is 0. The number of fused-ring (bicyclic) bond motifs is 1. The molecular formula is C19H22F2N2O2. The van der Waals surface area contributed by atoms with Gasteiger partial charge in [0.25, 0.3) is 0 Å². The second-order valence-electron chi connectivity index (χ2n) is 7.65. The van der Waals surface area contributed by atoms with Crippen molar-refractivity contribution in [1.82, 2.24) is 10.1 Å². The van der Waals surface area contributed by atoms with Gasteiger partial charge in [-0.3, -0.25) is 0 Å². The number of halogens is 2. The molecule has 0 amide bonds. The van der Waals surface area contributed by atoms with Gasteiger partial charge in [-0.25, -0.2) is 8.78 Å². The molecule has 25 heavy (non-hydrogen) atoms. The highest BCUT2D eigenvalue weighted by atomic mass is 19.2. The lowest BCUT2D eigenvalue weighted by Gasteiger charge is -2.21. The summed E-state index contributed by atoms with van der Waals surface area (Å²) in [5.41, 5.74) is 1.49. The van der Waals surface area contributed by atoms with Crippen LogP contribution in [-0.2, 0) is 11.3 Å². The molecule has 2 unspecified atom stereocenters. The number of hydrogen-bond donors (Lipinski definition) is 0. The zero-order valence-corrected chi connectivity index (χ0v) is 14.5. The third kappa shape index (κ3) is 3.20. The molecular weight excluding hydrogens is 326 g/mol. The van der Waals surface area contributed by atoms with Crippen LogP contribution < -0.4 is 0 Å². The van der Waals surface area contributed by atoms with E-state index >= 15 is 0 Å². The van der Waals surface area contributed by atoms with E-state index in [4.69, 9.17) is 9.26 Å². The van der Waals surface area contributed by atoms with Gasteiger partial charge in [0.05, 0.1) is 6.61 Å². The Labute approximate surface area is 145 Å². The first-order valence-corrected chi connectivity index (χ1v) is 8.66. The van der Waals surface area contributed by atoms with Gasteiger partial charge in [-0.15, -0.1) is 0 Å². The highest BCUT2D eigenvalue weighted by molar-refractivity contribution is 5.58. The molecule has 1 saturated heterocycles. The van der Waals surface area contributed by atoms with Crippen LogP contribution in [0.2, 0.25) is 0 Å². The molecule has 134 valence electrons. The molecule has 0 spiro atoms. The Morgan fingerprint density at radius 1 is 1.20 bits per heavy atom. The lowest BCUT2D eigenvalue weighted by Crippen LogP contribution is -2.29. The van der Waals surface area contributed by atoms with Gasteiger partial charge >= 0.3 is 0 Å². The van der Waals surface area contributed by atoms with Gasteiger partial charge in [0.2, 0.25) is 0 Å². The summed E-state index contributed by atoms with van der Waals surface area (Å²) in [7, 11) is 0. The molecule has 2 aliphatic rings. The average molecular weight is 348 g/mol. The van der Waals surface area contributed by atoms with Crippen molar-refractivity contribution in [2.45, 2.75) is 20.5 Å². The molecule has 1 saturated carbocycles. The maximum atomic E-state index is 13.3. The van der Waals surface area contributed by atoms with Crippen molar-refractivity contribution in [2.75, 3.05) is 26.2 Å². The van der Waals surface area contributed by atoms with Crippen molar-refractivity contribution in [2.24, 2.45) is 17.3 Å². The maximum absolute atomic E-state index is 13.3. The van der Waals surface area contributed by atoms with Gasteiger partial charge in [-0.1, -0.05) is 19.0 Å². The van der Waals surface area contributed by atoms with Gasteiger partial charge in [0.1, 0.15) is 12.3 Å². The normalized spacial score (nSPS) is 24.5. The highest BCUT2D eigenvalue weighted by Crippen LogP contribution is 2.61. The highest BCUT2D eigenvalue weighted by Gasteiger charge is 2.61. The van der Waals surface area contributed by atoms with Crippen LogP contribution >= 0.6 is 0 Å². The third-order valence-corrected chi connectivity index (χ3v) is 5.77. The lowest BCUT2D eigenvalue weighted by molar-refractivity contribution is 0.0785. The molecule has 4 rings (SSSR count). The summed E-state index contributed by atoms with van der Waals surface area (Å²) in [4.78, 5) is 2.45. The van der Waals surface area contributed by atoms with Crippen molar-refractivity contribution in [3.05, 3.63) is 41.7 Å². The standard InChI is InChI=1S/C19H22F2N2O2/c1-19(2)14-9-23(10-15(14)19)5-6-24-11-13-8-18(22-25-13)12-3-4-16(20)17(21)7-12/h3-4,7-8,14-15H,5-6,9-11H2,1-2H3. The molecule has 2 atom stereocenters. The van der Waals surface area contributed by atoms with E-state index in [9.17, 15) is 8.78 Å². The van der Waals surface area contributed by atoms with Crippen LogP contribution in [0.4, 0.5) is 8.78 Å². The van der Waals surface area contributed by atoms with Crippen LogP contribution in [0.15, 0.2) is 28.8 Å². The van der Waals surface area contributed by atoms with E-state index in [1.54, 1.807) is 6.07 Å². The summed E-state index contributed by atoms with van der Waals surface area (Å²) in [6.07, 6.45) is 0. The Kier molecular flexibility index (Phi) is 4.12. The molecule has 6 heteroatoms. The molecule has 4 nitrogen and oxygen atoms in total. The van der Waals surface area contributed by atoms with Crippen molar-refractivity contribution in [3.63, 3.8) is 0 Å². The molecule has 2 aromatic rings. The van der Waals surface area contributed by atoms with Crippen LogP contribution in [0.3, 0.4) is 0 Å². The van der Waals surface area contributed by atoms with E-state index in [1.807, 2.05) is 0 Å². The van der Waals surface area contributed by atoms with E-state index in [0.717, 1.165) is 30.5 Å². The minimum absolute atomic E-state index is 0.322. The molecule has 0 N–H and O–H groups in total. The Morgan fingerprint density at radius 3 is 2.68 bits per heavy atom. The summed E-state index contributed by atoms with van der Waals surface area (Å²) in [5.74, 6) is 0.495. The maximum Gasteiger partial charge on any atom is 0.163 e. The number of hydrogen-bond acceptors (Lipinski definition) is 4. The predicted molar refractivity (Wildman–Crippen MR) is 88.7 cm³/mol. The van der Waals surface area contributed by atoms with Gasteiger partial charge < -0.3 is 14.2 Å². The molecule has 1 aromatic carbocycles. The molecule has 1 aromatic heterocycles. The topological polar surface area (TPSA) is 38.5 Å². The average Bonchev–Trinajstić information content (AvgIpc) is 3.03. The zero-order chi connectivity index (χ0) is 17.6. The molecule has 1 aliphatic carbocycles. The van der Waals surface area contributed by atoms with Crippen molar-refractivity contribution >= 4 is 0 Å². The predicted octanol–water partition coefficient (Wildman–Crippen LogP) is 3.72. The quantitative estimate of drug-likeness (QED) is 0.746. The Morgan fingerprint density at radius 2 is 1.96 bits per heavy atom. The van der Waals surface area contributed by atoms with Crippen LogP contribution in [0.25, 0.3) is 11.3 Å². The fourth-order valence-corrected chi connectivity index (χ4v) is 3.93. The Bertz CT molecular complexity index is 761. The zero-order valence-electron chi connectivity index (χ0n) is 14.5. The number of nitrogens with zero attached hydrogens (tertiary/aromatic N) is 2. The molecule has 1 aliphatic heterocycles. The van der Waals surface area contributed by atoms with E-state index in [2.05, 4.69) is 23.9 Å². The van der Waals surface area contributed by atoms with E-state index < -0.39 is 11.6 Å². The summed E-state index contributed by atoms with van der Waals surface area (Å²) in [6.45, 7) is 8.93. The van der Waals surface area contributed by atoms with Crippen LogP contribution in [-0.4, -0.2) is 36.3 Å². The number of likely N-dealkylation sites (tertiary alicyclic amines) is 1. The first kappa shape index (κ1) is 16.7. The van der Waals surface area contributed by atoms with E-state index in [1.165, 1.54) is 19.2 Å². The van der Waals surface area contributed by atoms with Crippen molar-refractivity contribution in [1.29, 1.82) is 0 Å². The smallest absolute Gasteiger partial charge is 0.163 e. The number of benzene rings is 1. The molecule has 0 radical (unpaired) electrons. The second-order valence-corrected chi connectivity index (χ2v) is 7.65. The minimum atomic E-state index is -0.898. The minimum Gasteiger partial charge on any atom is -0.372 e. The number of piperidine rings is 1. The summed E-state index contributed by atoms with van der Waals surface area (Å²) in [6, 6.07) is 5.36. The Hall–Kier alpha value is -1.79. The van der Waals surface area contributed by atoms with Crippen LogP contribution in [0.5, 0.6) is 0 Å². The van der Waals surface area contributed by atoms with Gasteiger partial charge in [0.15, 0.2) is 17.4 Å². The van der Waals surface area contributed by atoms with Gasteiger partial charge in [-0.05, 0) is 35.4 Å².